The molecule has 0 aliphatic rings. The van der Waals surface area contributed by atoms with Crippen LogP contribution < -0.4 is 9.47 Å². The van der Waals surface area contributed by atoms with Gasteiger partial charge in [0.05, 0.1) is 24.8 Å². The second-order valence-electron chi connectivity index (χ2n) is 2.92. The predicted molar refractivity (Wildman–Crippen MR) is 67.7 cm³/mol. The molecular formula is C11H14BrClO3. The van der Waals surface area contributed by atoms with Gasteiger partial charge < -0.3 is 14.2 Å². The minimum Gasteiger partial charge on any atom is -0.493 e. The van der Waals surface area contributed by atoms with Crippen LogP contribution in [0.25, 0.3) is 0 Å². The Hall–Kier alpha value is -0.450. The number of para-hydroxylation sites is 1. The molecule has 1 aromatic rings. The molecule has 0 aliphatic heterocycles. The molecule has 0 bridgehead atoms. The van der Waals surface area contributed by atoms with E-state index < -0.39 is 0 Å². The van der Waals surface area contributed by atoms with Crippen LogP contribution >= 0.6 is 27.5 Å². The highest BCUT2D eigenvalue weighted by Crippen LogP contribution is 2.34. The molecule has 0 saturated heterocycles. The topological polar surface area (TPSA) is 27.7 Å². The van der Waals surface area contributed by atoms with Gasteiger partial charge in [0.25, 0.3) is 0 Å². The minimum atomic E-state index is 0.468. The third kappa shape index (κ3) is 4.20. The highest BCUT2D eigenvalue weighted by atomic mass is 79.9. The van der Waals surface area contributed by atoms with E-state index in [1.807, 2.05) is 18.2 Å². The zero-order chi connectivity index (χ0) is 11.8. The average Bonchev–Trinajstić information content (AvgIpc) is 2.30. The van der Waals surface area contributed by atoms with Gasteiger partial charge in [0.1, 0.15) is 6.61 Å². The van der Waals surface area contributed by atoms with Crippen molar-refractivity contribution in [3.8, 4) is 11.5 Å². The van der Waals surface area contributed by atoms with Crippen LogP contribution in [0.5, 0.6) is 11.5 Å². The lowest BCUT2D eigenvalue weighted by molar-refractivity contribution is 0.110. The summed E-state index contributed by atoms with van der Waals surface area (Å²) in [7, 11) is 1.61. The first-order valence-corrected chi connectivity index (χ1v) is 6.21. The van der Waals surface area contributed by atoms with Gasteiger partial charge >= 0.3 is 0 Å². The molecule has 0 spiro atoms. The van der Waals surface area contributed by atoms with Gasteiger partial charge in [-0.3, -0.25) is 0 Å². The zero-order valence-electron chi connectivity index (χ0n) is 9.04. The number of hydrogen-bond donors (Lipinski definition) is 0. The molecule has 0 fully saturated rings. The highest BCUT2D eigenvalue weighted by Gasteiger charge is 2.07. The largest absolute Gasteiger partial charge is 0.493 e. The van der Waals surface area contributed by atoms with Crippen LogP contribution in [0.1, 0.15) is 0 Å². The number of alkyl halides is 1. The maximum absolute atomic E-state index is 5.57. The second-order valence-corrected chi connectivity index (χ2v) is 4.15. The Morgan fingerprint density at radius 1 is 1.25 bits per heavy atom. The standard InChI is InChI=1S/C11H14BrClO3/c1-14-10-4-2-3-9(12)11(10)16-8-7-15-6-5-13/h2-4H,5-8H2,1H3. The van der Waals surface area contributed by atoms with Crippen molar-refractivity contribution in [3.05, 3.63) is 22.7 Å². The van der Waals surface area contributed by atoms with E-state index in [4.69, 9.17) is 25.8 Å². The lowest BCUT2D eigenvalue weighted by Gasteiger charge is -2.12. The summed E-state index contributed by atoms with van der Waals surface area (Å²) in [6, 6.07) is 5.64. The van der Waals surface area contributed by atoms with Crippen molar-refractivity contribution in [3.63, 3.8) is 0 Å². The fourth-order valence-electron chi connectivity index (χ4n) is 1.15. The molecule has 0 N–H and O–H groups in total. The fourth-order valence-corrected chi connectivity index (χ4v) is 1.72. The van der Waals surface area contributed by atoms with E-state index in [9.17, 15) is 0 Å². The maximum Gasteiger partial charge on any atom is 0.175 e. The Kier molecular flexibility index (Phi) is 6.61. The fraction of sp³-hybridized carbons (Fsp3) is 0.455. The minimum absolute atomic E-state index is 0.468. The number of halogens is 2. The quantitative estimate of drug-likeness (QED) is 0.572. The molecule has 0 unspecified atom stereocenters. The Morgan fingerprint density at radius 3 is 2.75 bits per heavy atom. The summed E-state index contributed by atoms with van der Waals surface area (Å²) in [5.41, 5.74) is 0. The van der Waals surface area contributed by atoms with Crippen LogP contribution in [0.3, 0.4) is 0 Å². The van der Waals surface area contributed by atoms with Crippen LogP contribution in [0.2, 0.25) is 0 Å². The number of hydrogen-bond acceptors (Lipinski definition) is 3. The molecule has 0 aliphatic carbocycles. The molecule has 0 atom stereocenters. The van der Waals surface area contributed by atoms with E-state index in [0.717, 1.165) is 4.47 Å². The van der Waals surface area contributed by atoms with Gasteiger partial charge in [-0.25, -0.2) is 0 Å². The Balaban J connectivity index is 2.46. The molecule has 3 nitrogen and oxygen atoms in total. The number of rotatable bonds is 7. The SMILES string of the molecule is COc1cccc(Br)c1OCCOCCCl. The average molecular weight is 310 g/mol. The van der Waals surface area contributed by atoms with Crippen molar-refractivity contribution in [2.45, 2.75) is 0 Å². The van der Waals surface area contributed by atoms with Gasteiger partial charge in [-0.15, -0.1) is 11.6 Å². The molecule has 0 amide bonds. The van der Waals surface area contributed by atoms with Gasteiger partial charge in [0.15, 0.2) is 11.5 Å². The maximum atomic E-state index is 5.57. The normalized spacial score (nSPS) is 10.2. The summed E-state index contributed by atoms with van der Waals surface area (Å²) in [5, 5.41) is 0. The van der Waals surface area contributed by atoms with Crippen LogP contribution in [-0.2, 0) is 4.74 Å². The van der Waals surface area contributed by atoms with E-state index >= 15 is 0 Å². The van der Waals surface area contributed by atoms with Crippen LogP contribution in [0.15, 0.2) is 22.7 Å². The lowest BCUT2D eigenvalue weighted by atomic mass is 10.3. The predicted octanol–water partition coefficient (Wildman–Crippen LogP) is 3.09. The Labute approximate surface area is 109 Å². The first kappa shape index (κ1) is 13.6. The molecule has 1 aromatic carbocycles. The number of benzene rings is 1. The smallest absolute Gasteiger partial charge is 0.175 e. The molecule has 1 rings (SSSR count). The van der Waals surface area contributed by atoms with Crippen molar-refractivity contribution in [2.24, 2.45) is 0 Å². The van der Waals surface area contributed by atoms with Crippen molar-refractivity contribution in [1.82, 2.24) is 0 Å². The van der Waals surface area contributed by atoms with Crippen molar-refractivity contribution in [2.75, 3.05) is 32.8 Å². The monoisotopic (exact) mass is 308 g/mol. The summed E-state index contributed by atoms with van der Waals surface area (Å²) >= 11 is 8.88. The summed E-state index contributed by atoms with van der Waals surface area (Å²) < 4.78 is 16.8. The summed E-state index contributed by atoms with van der Waals surface area (Å²) in [6.45, 7) is 1.52. The third-order valence-electron chi connectivity index (χ3n) is 1.85. The van der Waals surface area contributed by atoms with E-state index in [2.05, 4.69) is 15.9 Å². The molecular weight excluding hydrogens is 295 g/mol. The Morgan fingerprint density at radius 2 is 2.06 bits per heavy atom. The first-order chi connectivity index (χ1) is 7.79. The van der Waals surface area contributed by atoms with Crippen LogP contribution in [-0.4, -0.2) is 32.8 Å². The molecule has 0 aromatic heterocycles. The van der Waals surface area contributed by atoms with Crippen molar-refractivity contribution >= 4 is 27.5 Å². The van der Waals surface area contributed by atoms with E-state index in [1.165, 1.54) is 0 Å². The summed E-state index contributed by atoms with van der Waals surface area (Å²) in [5.74, 6) is 1.89. The molecule has 0 heterocycles. The van der Waals surface area contributed by atoms with E-state index in [1.54, 1.807) is 7.11 Å². The zero-order valence-corrected chi connectivity index (χ0v) is 11.4. The number of methoxy groups -OCH3 is 1. The van der Waals surface area contributed by atoms with Gasteiger partial charge in [0.2, 0.25) is 0 Å². The lowest BCUT2D eigenvalue weighted by Crippen LogP contribution is -2.08. The summed E-state index contributed by atoms with van der Waals surface area (Å²) in [4.78, 5) is 0. The molecule has 90 valence electrons. The van der Waals surface area contributed by atoms with E-state index in [0.29, 0.717) is 37.2 Å². The third-order valence-corrected chi connectivity index (χ3v) is 2.63. The van der Waals surface area contributed by atoms with Gasteiger partial charge in [-0.2, -0.15) is 0 Å². The van der Waals surface area contributed by atoms with Gasteiger partial charge in [0, 0.05) is 5.88 Å². The van der Waals surface area contributed by atoms with Crippen LogP contribution in [0, 0.1) is 0 Å². The molecule has 5 heteroatoms. The number of ether oxygens (including phenoxy) is 3. The van der Waals surface area contributed by atoms with Crippen molar-refractivity contribution in [1.29, 1.82) is 0 Å². The van der Waals surface area contributed by atoms with Crippen LogP contribution in [0.4, 0.5) is 0 Å². The van der Waals surface area contributed by atoms with Crippen molar-refractivity contribution < 1.29 is 14.2 Å². The molecule has 0 radical (unpaired) electrons. The van der Waals surface area contributed by atoms with E-state index in [-0.39, 0.29) is 0 Å². The highest BCUT2D eigenvalue weighted by molar-refractivity contribution is 9.10. The molecule has 0 saturated carbocycles. The summed E-state index contributed by atoms with van der Waals surface area (Å²) in [6.07, 6.45) is 0. The Bertz CT molecular complexity index is 320. The van der Waals surface area contributed by atoms with Gasteiger partial charge in [-0.05, 0) is 28.1 Å². The second kappa shape index (κ2) is 7.76. The molecule has 16 heavy (non-hydrogen) atoms. The van der Waals surface area contributed by atoms with Gasteiger partial charge in [-0.1, -0.05) is 6.07 Å². The first-order valence-electron chi connectivity index (χ1n) is 4.88.